The van der Waals surface area contributed by atoms with Crippen molar-refractivity contribution in [2.24, 2.45) is 0 Å². The summed E-state index contributed by atoms with van der Waals surface area (Å²) in [4.78, 5) is 21.4. The highest BCUT2D eigenvalue weighted by Gasteiger charge is 2.22. The van der Waals surface area contributed by atoms with Gasteiger partial charge in [-0.05, 0) is 35.9 Å². The summed E-state index contributed by atoms with van der Waals surface area (Å²) in [6.07, 6.45) is 1.83. The Hall–Kier alpha value is -3.23. The van der Waals surface area contributed by atoms with Crippen molar-refractivity contribution in [3.8, 4) is 6.07 Å². The van der Waals surface area contributed by atoms with Crippen molar-refractivity contribution >= 4 is 16.8 Å². The zero-order valence-electron chi connectivity index (χ0n) is 15.0. The highest BCUT2D eigenvalue weighted by Crippen LogP contribution is 2.19. The van der Waals surface area contributed by atoms with E-state index in [1.54, 1.807) is 24.3 Å². The average molecular weight is 356 g/mol. The first kappa shape index (κ1) is 17.2. The summed E-state index contributed by atoms with van der Waals surface area (Å²) >= 11 is 0. The van der Waals surface area contributed by atoms with Gasteiger partial charge in [0, 0.05) is 49.9 Å². The highest BCUT2D eigenvalue weighted by molar-refractivity contribution is 5.94. The lowest BCUT2D eigenvalue weighted by molar-refractivity contribution is 0.0629. The number of hydrogen-bond acceptors (Lipinski definition) is 4. The third kappa shape index (κ3) is 3.67. The first-order valence-electron chi connectivity index (χ1n) is 9.09. The van der Waals surface area contributed by atoms with E-state index in [0.29, 0.717) is 24.2 Å². The first-order chi connectivity index (χ1) is 13.2. The number of rotatable bonds is 3. The molecule has 1 saturated heterocycles. The minimum atomic E-state index is 0.0333. The van der Waals surface area contributed by atoms with Crippen LogP contribution in [0.2, 0.25) is 0 Å². The van der Waals surface area contributed by atoms with Gasteiger partial charge in [-0.3, -0.25) is 14.7 Å². The van der Waals surface area contributed by atoms with E-state index in [-0.39, 0.29) is 5.91 Å². The number of benzene rings is 2. The fourth-order valence-corrected chi connectivity index (χ4v) is 3.51. The number of fused-ring (bicyclic) bond motifs is 1. The van der Waals surface area contributed by atoms with Gasteiger partial charge >= 0.3 is 0 Å². The van der Waals surface area contributed by atoms with Crippen LogP contribution in [0.25, 0.3) is 10.9 Å². The molecule has 1 amide bonds. The van der Waals surface area contributed by atoms with Gasteiger partial charge in [-0.1, -0.05) is 24.3 Å². The number of nitrogens with zero attached hydrogens (tertiary/aromatic N) is 4. The molecule has 134 valence electrons. The Morgan fingerprint density at radius 1 is 1.00 bits per heavy atom. The number of pyridine rings is 1. The maximum Gasteiger partial charge on any atom is 0.253 e. The SMILES string of the molecule is N#Cc1ccc(C(=O)N2CCN(Cc3cccc4cccnc34)CC2)cc1. The van der Waals surface area contributed by atoms with Crippen molar-refractivity contribution in [1.82, 2.24) is 14.8 Å². The summed E-state index contributed by atoms with van der Waals surface area (Å²) in [7, 11) is 0. The summed E-state index contributed by atoms with van der Waals surface area (Å²) in [6.45, 7) is 3.93. The van der Waals surface area contributed by atoms with Crippen LogP contribution in [0.1, 0.15) is 21.5 Å². The van der Waals surface area contributed by atoms with E-state index in [0.717, 1.165) is 30.5 Å². The second-order valence-electron chi connectivity index (χ2n) is 6.75. The van der Waals surface area contributed by atoms with Crippen LogP contribution in [0.4, 0.5) is 0 Å². The van der Waals surface area contributed by atoms with Gasteiger partial charge < -0.3 is 4.90 Å². The van der Waals surface area contributed by atoms with Crippen LogP contribution in [0, 0.1) is 11.3 Å². The molecule has 1 aliphatic rings. The molecule has 0 spiro atoms. The largest absolute Gasteiger partial charge is 0.336 e. The maximum absolute atomic E-state index is 12.7. The number of carbonyl (C=O) groups excluding carboxylic acids is 1. The molecule has 0 unspecified atom stereocenters. The highest BCUT2D eigenvalue weighted by atomic mass is 16.2. The topological polar surface area (TPSA) is 60.2 Å². The molecule has 0 atom stereocenters. The van der Waals surface area contributed by atoms with E-state index in [9.17, 15) is 4.79 Å². The third-order valence-corrected chi connectivity index (χ3v) is 5.03. The Kier molecular flexibility index (Phi) is 4.82. The summed E-state index contributed by atoms with van der Waals surface area (Å²) < 4.78 is 0. The Morgan fingerprint density at radius 2 is 1.74 bits per heavy atom. The molecule has 5 nitrogen and oxygen atoms in total. The van der Waals surface area contributed by atoms with Gasteiger partial charge in [-0.15, -0.1) is 0 Å². The molecule has 0 aliphatic carbocycles. The van der Waals surface area contributed by atoms with Gasteiger partial charge in [0.15, 0.2) is 0 Å². The number of amides is 1. The average Bonchev–Trinajstić information content (AvgIpc) is 2.74. The Bertz CT molecular complexity index is 993. The van der Waals surface area contributed by atoms with Crippen LogP contribution in [0.15, 0.2) is 60.8 Å². The molecule has 3 aromatic rings. The minimum Gasteiger partial charge on any atom is -0.336 e. The fraction of sp³-hybridized carbons (Fsp3) is 0.227. The summed E-state index contributed by atoms with van der Waals surface area (Å²) in [5.74, 6) is 0.0333. The van der Waals surface area contributed by atoms with E-state index < -0.39 is 0 Å². The fourth-order valence-electron chi connectivity index (χ4n) is 3.51. The lowest BCUT2D eigenvalue weighted by Crippen LogP contribution is -2.48. The van der Waals surface area contributed by atoms with Crippen molar-refractivity contribution in [3.63, 3.8) is 0 Å². The van der Waals surface area contributed by atoms with E-state index in [1.807, 2.05) is 17.2 Å². The minimum absolute atomic E-state index is 0.0333. The van der Waals surface area contributed by atoms with Gasteiger partial charge in [-0.25, -0.2) is 0 Å². The van der Waals surface area contributed by atoms with Crippen LogP contribution in [-0.4, -0.2) is 46.9 Å². The maximum atomic E-state index is 12.7. The number of piperazine rings is 1. The molecule has 5 heteroatoms. The van der Waals surface area contributed by atoms with E-state index in [1.165, 1.54) is 5.56 Å². The Morgan fingerprint density at radius 3 is 2.48 bits per heavy atom. The smallest absolute Gasteiger partial charge is 0.253 e. The van der Waals surface area contributed by atoms with Crippen LogP contribution in [-0.2, 0) is 6.54 Å². The molecule has 1 aliphatic heterocycles. The van der Waals surface area contributed by atoms with E-state index >= 15 is 0 Å². The number of aromatic nitrogens is 1. The lowest BCUT2D eigenvalue weighted by atomic mass is 10.1. The van der Waals surface area contributed by atoms with Crippen LogP contribution >= 0.6 is 0 Å². The predicted octanol–water partition coefficient (Wildman–Crippen LogP) is 3.06. The molecular formula is C22H20N4O. The molecule has 27 heavy (non-hydrogen) atoms. The summed E-state index contributed by atoms with van der Waals surface area (Å²) in [6, 6.07) is 19.2. The molecule has 0 saturated carbocycles. The number of nitriles is 1. The zero-order chi connectivity index (χ0) is 18.6. The normalized spacial score (nSPS) is 14.9. The zero-order valence-corrected chi connectivity index (χ0v) is 15.0. The monoisotopic (exact) mass is 356 g/mol. The number of hydrogen-bond donors (Lipinski definition) is 0. The van der Waals surface area contributed by atoms with Gasteiger partial charge in [0.05, 0.1) is 17.1 Å². The van der Waals surface area contributed by atoms with Crippen molar-refractivity contribution in [1.29, 1.82) is 5.26 Å². The summed E-state index contributed by atoms with van der Waals surface area (Å²) in [5.41, 5.74) is 3.48. The second-order valence-corrected chi connectivity index (χ2v) is 6.75. The molecular weight excluding hydrogens is 336 g/mol. The molecule has 2 heterocycles. The van der Waals surface area contributed by atoms with Crippen molar-refractivity contribution in [3.05, 3.63) is 77.5 Å². The second kappa shape index (κ2) is 7.56. The first-order valence-corrected chi connectivity index (χ1v) is 9.09. The number of carbonyl (C=O) groups is 1. The van der Waals surface area contributed by atoms with Gasteiger partial charge in [0.2, 0.25) is 0 Å². The van der Waals surface area contributed by atoms with Crippen molar-refractivity contribution in [2.45, 2.75) is 6.54 Å². The van der Waals surface area contributed by atoms with Crippen molar-refractivity contribution < 1.29 is 4.79 Å². The molecule has 0 N–H and O–H groups in total. The van der Waals surface area contributed by atoms with Gasteiger partial charge in [0.1, 0.15) is 0 Å². The van der Waals surface area contributed by atoms with Crippen LogP contribution in [0.3, 0.4) is 0 Å². The molecule has 2 aromatic carbocycles. The van der Waals surface area contributed by atoms with E-state index in [2.05, 4.69) is 40.2 Å². The van der Waals surface area contributed by atoms with E-state index in [4.69, 9.17) is 5.26 Å². The van der Waals surface area contributed by atoms with Gasteiger partial charge in [0.25, 0.3) is 5.91 Å². The molecule has 0 radical (unpaired) electrons. The lowest BCUT2D eigenvalue weighted by Gasteiger charge is -2.35. The van der Waals surface area contributed by atoms with Crippen molar-refractivity contribution in [2.75, 3.05) is 26.2 Å². The van der Waals surface area contributed by atoms with Crippen LogP contribution < -0.4 is 0 Å². The molecule has 1 aromatic heterocycles. The summed E-state index contributed by atoms with van der Waals surface area (Å²) in [5, 5.41) is 10.0. The standard InChI is InChI=1S/C22H20N4O/c23-15-17-6-8-19(9-7-17)22(27)26-13-11-25(12-14-26)16-20-4-1-3-18-5-2-10-24-21(18)20/h1-10H,11-14,16H2. The van der Waals surface area contributed by atoms with Gasteiger partial charge in [-0.2, -0.15) is 5.26 Å². The molecule has 1 fully saturated rings. The molecule has 0 bridgehead atoms. The predicted molar refractivity (Wildman–Crippen MR) is 104 cm³/mol. The van der Waals surface area contributed by atoms with Crippen LogP contribution in [0.5, 0.6) is 0 Å². The molecule has 4 rings (SSSR count). The third-order valence-electron chi connectivity index (χ3n) is 5.03. The Balaban J connectivity index is 1.40. The quantitative estimate of drug-likeness (QED) is 0.724. The number of para-hydroxylation sites is 1. The Labute approximate surface area is 158 Å².